The molecule has 0 bridgehead atoms. The zero-order valence-electron chi connectivity index (χ0n) is 13.7. The average molecular weight is 394 g/mol. The molecule has 1 N–H and O–H groups in total. The van der Waals surface area contributed by atoms with Crippen molar-refractivity contribution >= 4 is 33.6 Å². The van der Waals surface area contributed by atoms with E-state index >= 15 is 0 Å². The Hall–Kier alpha value is -1.40. The molecule has 122 valence electrons. The first-order valence-electron chi connectivity index (χ1n) is 7.37. The lowest BCUT2D eigenvalue weighted by Crippen LogP contribution is -2.28. The van der Waals surface area contributed by atoms with Crippen molar-refractivity contribution in [3.05, 3.63) is 51.3 Å². The Morgan fingerprint density at radius 3 is 2.43 bits per heavy atom. The molecule has 0 aliphatic carbocycles. The standard InChI is InChI=1S/C17H20BrN3OS/c1-10-11(2)20-17(21-12(10)3)23-9-16(22)19-13(4)14-7-5-6-8-15(14)18/h5-8,13H,9H2,1-4H3,(H,19,22)/t13-/m0/s1. The van der Waals surface area contributed by atoms with Crippen LogP contribution >= 0.6 is 27.7 Å². The lowest BCUT2D eigenvalue weighted by molar-refractivity contribution is -0.119. The molecule has 0 aliphatic heterocycles. The van der Waals surface area contributed by atoms with Crippen molar-refractivity contribution in [2.75, 3.05) is 5.75 Å². The van der Waals surface area contributed by atoms with Gasteiger partial charge in [0.1, 0.15) is 0 Å². The van der Waals surface area contributed by atoms with Crippen LogP contribution in [0.25, 0.3) is 0 Å². The van der Waals surface area contributed by atoms with Gasteiger partial charge in [0.05, 0.1) is 11.8 Å². The van der Waals surface area contributed by atoms with Gasteiger partial charge in [0, 0.05) is 15.9 Å². The molecular weight excluding hydrogens is 374 g/mol. The van der Waals surface area contributed by atoms with Gasteiger partial charge < -0.3 is 5.32 Å². The molecule has 6 heteroatoms. The summed E-state index contributed by atoms with van der Waals surface area (Å²) >= 11 is 4.87. The minimum atomic E-state index is -0.0546. The SMILES string of the molecule is Cc1nc(SCC(=O)N[C@@H](C)c2ccccc2Br)nc(C)c1C. The summed E-state index contributed by atoms with van der Waals surface area (Å²) in [5.74, 6) is 0.272. The number of carbonyl (C=O) groups is 1. The van der Waals surface area contributed by atoms with Gasteiger partial charge in [-0.1, -0.05) is 45.9 Å². The van der Waals surface area contributed by atoms with E-state index in [2.05, 4.69) is 31.2 Å². The third-order valence-electron chi connectivity index (χ3n) is 3.69. The molecule has 0 saturated heterocycles. The van der Waals surface area contributed by atoms with E-state index in [-0.39, 0.29) is 11.9 Å². The number of halogens is 1. The monoisotopic (exact) mass is 393 g/mol. The van der Waals surface area contributed by atoms with Crippen molar-refractivity contribution in [2.45, 2.75) is 38.9 Å². The summed E-state index contributed by atoms with van der Waals surface area (Å²) in [5.41, 5.74) is 4.08. The number of aromatic nitrogens is 2. The molecule has 1 heterocycles. The molecule has 4 nitrogen and oxygen atoms in total. The summed E-state index contributed by atoms with van der Waals surface area (Å²) in [6, 6.07) is 7.83. The fourth-order valence-corrected chi connectivity index (χ4v) is 3.50. The summed E-state index contributed by atoms with van der Waals surface area (Å²) in [4.78, 5) is 21.0. The second-order valence-electron chi connectivity index (χ2n) is 5.40. The molecule has 0 saturated carbocycles. The van der Waals surface area contributed by atoms with Crippen molar-refractivity contribution in [1.29, 1.82) is 0 Å². The molecule has 0 spiro atoms. The van der Waals surface area contributed by atoms with Gasteiger partial charge in [-0.3, -0.25) is 4.79 Å². The lowest BCUT2D eigenvalue weighted by Gasteiger charge is -2.15. The van der Waals surface area contributed by atoms with Crippen LogP contribution in [0.5, 0.6) is 0 Å². The second-order valence-corrected chi connectivity index (χ2v) is 7.20. The summed E-state index contributed by atoms with van der Waals surface area (Å²) in [6.45, 7) is 7.90. The number of benzene rings is 1. The number of thioether (sulfide) groups is 1. The van der Waals surface area contributed by atoms with Crippen molar-refractivity contribution in [2.24, 2.45) is 0 Å². The quantitative estimate of drug-likeness (QED) is 0.612. The molecule has 0 aliphatic rings. The minimum Gasteiger partial charge on any atom is -0.349 e. The third-order valence-corrected chi connectivity index (χ3v) is 5.26. The van der Waals surface area contributed by atoms with Crippen LogP contribution in [0.1, 0.15) is 35.5 Å². The Morgan fingerprint density at radius 1 is 1.22 bits per heavy atom. The number of aryl methyl sites for hydroxylation is 2. The maximum atomic E-state index is 12.1. The van der Waals surface area contributed by atoms with Crippen LogP contribution in [0.2, 0.25) is 0 Å². The zero-order valence-corrected chi connectivity index (χ0v) is 16.1. The van der Waals surface area contributed by atoms with Crippen LogP contribution in [0, 0.1) is 20.8 Å². The van der Waals surface area contributed by atoms with E-state index in [1.54, 1.807) is 0 Å². The van der Waals surface area contributed by atoms with E-state index in [1.165, 1.54) is 11.8 Å². The first kappa shape index (κ1) is 17.9. The lowest BCUT2D eigenvalue weighted by atomic mass is 10.1. The molecule has 23 heavy (non-hydrogen) atoms. The smallest absolute Gasteiger partial charge is 0.230 e. The highest BCUT2D eigenvalue weighted by molar-refractivity contribution is 9.10. The highest BCUT2D eigenvalue weighted by Gasteiger charge is 2.13. The summed E-state index contributed by atoms with van der Waals surface area (Å²) in [6.07, 6.45) is 0. The van der Waals surface area contributed by atoms with Gasteiger partial charge in [0.2, 0.25) is 5.91 Å². The predicted molar refractivity (Wildman–Crippen MR) is 97.7 cm³/mol. The number of nitrogens with zero attached hydrogens (tertiary/aromatic N) is 2. The van der Waals surface area contributed by atoms with Crippen molar-refractivity contribution in [3.63, 3.8) is 0 Å². The molecule has 2 aromatic rings. The van der Waals surface area contributed by atoms with Gasteiger partial charge in [0.15, 0.2) is 5.16 Å². The fraction of sp³-hybridized carbons (Fsp3) is 0.353. The summed E-state index contributed by atoms with van der Waals surface area (Å²) < 4.78 is 0.994. The molecule has 1 aromatic carbocycles. The van der Waals surface area contributed by atoms with Crippen molar-refractivity contribution in [3.8, 4) is 0 Å². The first-order chi connectivity index (χ1) is 10.9. The van der Waals surface area contributed by atoms with Gasteiger partial charge in [-0.05, 0) is 44.9 Å². The van der Waals surface area contributed by atoms with Crippen LogP contribution in [0.3, 0.4) is 0 Å². The summed E-state index contributed by atoms with van der Waals surface area (Å²) in [7, 11) is 0. The average Bonchev–Trinajstić information content (AvgIpc) is 2.50. The Labute approximate surface area is 149 Å². The van der Waals surface area contributed by atoms with Crippen molar-refractivity contribution in [1.82, 2.24) is 15.3 Å². The van der Waals surface area contributed by atoms with Gasteiger partial charge in [-0.25, -0.2) is 9.97 Å². The highest BCUT2D eigenvalue weighted by atomic mass is 79.9. The highest BCUT2D eigenvalue weighted by Crippen LogP contribution is 2.23. The Kier molecular flexibility index (Phi) is 6.18. The van der Waals surface area contributed by atoms with Crippen LogP contribution in [0.15, 0.2) is 33.9 Å². The Balaban J connectivity index is 1.94. The maximum absolute atomic E-state index is 12.1. The number of nitrogens with one attached hydrogen (secondary N) is 1. The van der Waals surface area contributed by atoms with Gasteiger partial charge in [0.25, 0.3) is 0 Å². The maximum Gasteiger partial charge on any atom is 0.230 e. The number of carbonyl (C=O) groups excluding carboxylic acids is 1. The Bertz CT molecular complexity index is 698. The van der Waals surface area contributed by atoms with E-state index in [9.17, 15) is 4.79 Å². The number of rotatable bonds is 5. The van der Waals surface area contributed by atoms with E-state index < -0.39 is 0 Å². The normalized spacial score (nSPS) is 12.0. The van der Waals surface area contributed by atoms with Gasteiger partial charge in [-0.2, -0.15) is 0 Å². The van der Waals surface area contributed by atoms with E-state index in [1.807, 2.05) is 52.0 Å². The topological polar surface area (TPSA) is 54.9 Å². The molecule has 2 rings (SSSR count). The first-order valence-corrected chi connectivity index (χ1v) is 9.14. The number of hydrogen-bond acceptors (Lipinski definition) is 4. The van der Waals surface area contributed by atoms with E-state index in [0.717, 1.165) is 27.0 Å². The van der Waals surface area contributed by atoms with Gasteiger partial charge >= 0.3 is 0 Å². The largest absolute Gasteiger partial charge is 0.349 e. The summed E-state index contributed by atoms with van der Waals surface area (Å²) in [5, 5.41) is 3.65. The fourth-order valence-electron chi connectivity index (χ4n) is 2.12. The third kappa shape index (κ3) is 4.78. The molecule has 0 fully saturated rings. The molecule has 1 atom stereocenters. The number of amides is 1. The van der Waals surface area contributed by atoms with Crippen molar-refractivity contribution < 1.29 is 4.79 Å². The second kappa shape index (κ2) is 7.93. The zero-order chi connectivity index (χ0) is 17.0. The number of hydrogen-bond donors (Lipinski definition) is 1. The van der Waals surface area contributed by atoms with Crippen LogP contribution in [-0.2, 0) is 4.79 Å². The van der Waals surface area contributed by atoms with E-state index in [4.69, 9.17) is 0 Å². The van der Waals surface area contributed by atoms with E-state index in [0.29, 0.717) is 10.9 Å². The molecule has 0 unspecified atom stereocenters. The van der Waals surface area contributed by atoms with Crippen LogP contribution in [0.4, 0.5) is 0 Å². The molecular formula is C17H20BrN3OS. The van der Waals surface area contributed by atoms with Crippen LogP contribution < -0.4 is 5.32 Å². The molecule has 0 radical (unpaired) electrons. The molecule has 1 aromatic heterocycles. The Morgan fingerprint density at radius 2 is 1.83 bits per heavy atom. The minimum absolute atomic E-state index is 0.0299. The predicted octanol–water partition coefficient (Wildman–Crippen LogP) is 4.13. The van der Waals surface area contributed by atoms with Crippen LogP contribution in [-0.4, -0.2) is 21.6 Å². The molecule has 1 amide bonds. The van der Waals surface area contributed by atoms with Gasteiger partial charge in [-0.15, -0.1) is 0 Å².